The second-order valence-corrected chi connectivity index (χ2v) is 4.95. The van der Waals surface area contributed by atoms with Crippen LogP contribution in [0.25, 0.3) is 10.8 Å². The van der Waals surface area contributed by atoms with Crippen LogP contribution in [-0.2, 0) is 15.4 Å². The van der Waals surface area contributed by atoms with Crippen molar-refractivity contribution in [3.8, 4) is 0 Å². The van der Waals surface area contributed by atoms with Crippen molar-refractivity contribution in [3.05, 3.63) is 48.0 Å². The van der Waals surface area contributed by atoms with E-state index in [2.05, 4.69) is 0 Å². The fourth-order valence-corrected chi connectivity index (χ4v) is 1.93. The third-order valence-electron chi connectivity index (χ3n) is 2.40. The van der Waals surface area contributed by atoms with Gasteiger partial charge in [0.25, 0.3) is 0 Å². The summed E-state index contributed by atoms with van der Waals surface area (Å²) in [4.78, 5) is 0. The van der Waals surface area contributed by atoms with Gasteiger partial charge in [-0.3, -0.25) is 0 Å². The molecule has 2 aromatic rings. The largest absolute Gasteiger partial charge is 1.00 e. The molecule has 0 aliphatic carbocycles. The summed E-state index contributed by atoms with van der Waals surface area (Å²) < 4.78 is 58.0. The summed E-state index contributed by atoms with van der Waals surface area (Å²) in [7, 11) is -5.71. The minimum Gasteiger partial charge on any atom is -0.743 e. The van der Waals surface area contributed by atoms with E-state index in [-0.39, 0.29) is 29.6 Å². The molecule has 18 heavy (non-hydrogen) atoms. The van der Waals surface area contributed by atoms with Gasteiger partial charge in [0.15, 0.2) is 10.1 Å². The van der Waals surface area contributed by atoms with Crippen molar-refractivity contribution in [3.63, 3.8) is 0 Å². The van der Waals surface area contributed by atoms with E-state index in [1.165, 1.54) is 6.07 Å². The summed E-state index contributed by atoms with van der Waals surface area (Å²) in [5, 5.41) is -3.26. The molecule has 2 rings (SSSR count). The maximum atomic E-state index is 13.3. The molecule has 0 radical (unpaired) electrons. The number of alkyl halides is 2. The molecule has 0 aliphatic heterocycles. The molecule has 0 aliphatic rings. The molecule has 0 bridgehead atoms. The van der Waals surface area contributed by atoms with Crippen LogP contribution in [0.4, 0.5) is 8.78 Å². The Morgan fingerprint density at radius 1 is 1.00 bits per heavy atom. The van der Waals surface area contributed by atoms with Crippen molar-refractivity contribution in [2.75, 3.05) is 0 Å². The monoisotopic (exact) mass is 280 g/mol. The van der Waals surface area contributed by atoms with E-state index >= 15 is 0 Å². The summed E-state index contributed by atoms with van der Waals surface area (Å²) >= 11 is 0. The molecule has 0 atom stereocenters. The van der Waals surface area contributed by atoms with Crippen molar-refractivity contribution in [1.29, 1.82) is 0 Å². The minimum absolute atomic E-state index is 0. The summed E-state index contributed by atoms with van der Waals surface area (Å²) in [5.41, 5.74) is -0.814. The number of rotatable bonds is 2. The molecule has 0 saturated heterocycles. The molecule has 90 valence electrons. The average molecular weight is 280 g/mol. The zero-order chi connectivity index (χ0) is 12.7. The van der Waals surface area contributed by atoms with Gasteiger partial charge in [-0.05, 0) is 16.8 Å². The second kappa shape index (κ2) is 5.22. The number of hydrogen-bond donors (Lipinski definition) is 0. The van der Waals surface area contributed by atoms with E-state index in [1.54, 1.807) is 24.3 Å². The Labute approximate surface area is 125 Å². The Balaban J connectivity index is 0.00000162. The maximum Gasteiger partial charge on any atom is 1.00 e. The fraction of sp³-hybridized carbons (Fsp3) is 0.0909. The van der Waals surface area contributed by atoms with Crippen LogP contribution in [-0.4, -0.2) is 13.0 Å². The van der Waals surface area contributed by atoms with Gasteiger partial charge in [0.1, 0.15) is 0 Å². The standard InChI is InChI=1S/C11H8F2O3S.Na/c12-11(13,17(14,15)16)10-6-5-8-3-1-2-4-9(8)7-10;/h1-7H,(H,14,15,16);/q;+1/p-1. The van der Waals surface area contributed by atoms with E-state index in [4.69, 9.17) is 0 Å². The molecule has 0 fully saturated rings. The first kappa shape index (κ1) is 15.5. The van der Waals surface area contributed by atoms with Crippen LogP contribution < -0.4 is 29.6 Å². The molecule has 0 saturated carbocycles. The molecule has 0 N–H and O–H groups in total. The van der Waals surface area contributed by atoms with Crippen LogP contribution in [0.2, 0.25) is 0 Å². The van der Waals surface area contributed by atoms with Crippen LogP contribution in [0.3, 0.4) is 0 Å². The van der Waals surface area contributed by atoms with Gasteiger partial charge < -0.3 is 4.55 Å². The van der Waals surface area contributed by atoms with Gasteiger partial charge in [-0.1, -0.05) is 36.4 Å². The minimum atomic E-state index is -5.71. The first-order chi connectivity index (χ1) is 7.82. The van der Waals surface area contributed by atoms with E-state index in [0.29, 0.717) is 10.8 Å². The molecule has 3 nitrogen and oxygen atoms in total. The quantitative estimate of drug-likeness (QED) is 0.547. The van der Waals surface area contributed by atoms with E-state index in [9.17, 15) is 21.8 Å². The molecule has 0 aromatic heterocycles. The summed E-state index contributed by atoms with van der Waals surface area (Å²) in [6, 6.07) is 9.92. The third kappa shape index (κ3) is 2.73. The van der Waals surface area contributed by atoms with Crippen molar-refractivity contribution in [1.82, 2.24) is 0 Å². The van der Waals surface area contributed by atoms with Crippen LogP contribution in [0.1, 0.15) is 5.56 Å². The van der Waals surface area contributed by atoms with E-state index < -0.39 is 20.9 Å². The number of halogens is 2. The Morgan fingerprint density at radius 3 is 2.11 bits per heavy atom. The zero-order valence-corrected chi connectivity index (χ0v) is 12.2. The Bertz CT molecular complexity index is 671. The van der Waals surface area contributed by atoms with Gasteiger partial charge in [-0.15, -0.1) is 0 Å². The number of hydrogen-bond acceptors (Lipinski definition) is 3. The van der Waals surface area contributed by atoms with Gasteiger partial charge in [0, 0.05) is 5.56 Å². The zero-order valence-electron chi connectivity index (χ0n) is 9.43. The molecule has 0 heterocycles. The number of fused-ring (bicyclic) bond motifs is 1. The molecule has 0 spiro atoms. The maximum absolute atomic E-state index is 13.3. The molecular formula is C11H7F2NaO3S. The Kier molecular flexibility index (Phi) is 4.51. The van der Waals surface area contributed by atoms with Gasteiger partial charge in [0.2, 0.25) is 0 Å². The predicted octanol–water partition coefficient (Wildman–Crippen LogP) is -0.562. The molecule has 0 unspecified atom stereocenters. The van der Waals surface area contributed by atoms with Crippen molar-refractivity contribution >= 4 is 20.9 Å². The van der Waals surface area contributed by atoms with Crippen LogP contribution in [0, 0.1) is 0 Å². The average Bonchev–Trinajstić information content (AvgIpc) is 2.27. The summed E-state index contributed by atoms with van der Waals surface area (Å²) in [5.74, 6) is 0. The van der Waals surface area contributed by atoms with Gasteiger partial charge in [-0.2, -0.15) is 8.78 Å². The fourth-order valence-electron chi connectivity index (χ4n) is 1.51. The second-order valence-electron chi connectivity index (χ2n) is 3.53. The first-order valence-corrected chi connectivity index (χ1v) is 6.06. The third-order valence-corrected chi connectivity index (χ3v) is 3.26. The van der Waals surface area contributed by atoms with Crippen LogP contribution in [0.5, 0.6) is 0 Å². The van der Waals surface area contributed by atoms with Crippen molar-refractivity contribution in [2.45, 2.75) is 5.25 Å². The SMILES string of the molecule is O=S(=O)([O-])C(F)(F)c1ccc2ccccc2c1.[Na+]. The Morgan fingerprint density at radius 2 is 1.56 bits per heavy atom. The first-order valence-electron chi connectivity index (χ1n) is 4.65. The topological polar surface area (TPSA) is 57.2 Å². The molecular weight excluding hydrogens is 273 g/mol. The van der Waals surface area contributed by atoms with Crippen molar-refractivity contribution < 1.29 is 51.3 Å². The van der Waals surface area contributed by atoms with Crippen LogP contribution in [0.15, 0.2) is 42.5 Å². The van der Waals surface area contributed by atoms with Crippen molar-refractivity contribution in [2.24, 2.45) is 0 Å². The van der Waals surface area contributed by atoms with Crippen LogP contribution >= 0.6 is 0 Å². The van der Waals surface area contributed by atoms with E-state index in [1.807, 2.05) is 0 Å². The molecule has 2 aromatic carbocycles. The Hall–Kier alpha value is -0.530. The predicted molar refractivity (Wildman–Crippen MR) is 57.5 cm³/mol. The summed E-state index contributed by atoms with van der Waals surface area (Å²) in [6.07, 6.45) is 0. The van der Waals surface area contributed by atoms with Gasteiger partial charge >= 0.3 is 34.8 Å². The molecule has 0 amide bonds. The number of benzene rings is 2. The van der Waals surface area contributed by atoms with Gasteiger partial charge in [0.05, 0.1) is 0 Å². The van der Waals surface area contributed by atoms with E-state index in [0.717, 1.165) is 12.1 Å². The molecule has 7 heteroatoms. The normalized spacial score (nSPS) is 12.2. The van der Waals surface area contributed by atoms with Gasteiger partial charge in [-0.25, -0.2) is 8.42 Å². The smallest absolute Gasteiger partial charge is 0.743 e. The summed E-state index contributed by atoms with van der Waals surface area (Å²) in [6.45, 7) is 0.